The van der Waals surface area contributed by atoms with Gasteiger partial charge in [-0.1, -0.05) is 36.4 Å². The van der Waals surface area contributed by atoms with Crippen molar-refractivity contribution in [2.24, 2.45) is 0 Å². The highest BCUT2D eigenvalue weighted by Gasteiger charge is 2.19. The van der Waals surface area contributed by atoms with E-state index in [-0.39, 0.29) is 17.9 Å². The van der Waals surface area contributed by atoms with Gasteiger partial charge in [0.05, 0.1) is 6.04 Å². The first-order valence-corrected chi connectivity index (χ1v) is 7.19. The van der Waals surface area contributed by atoms with E-state index in [4.69, 9.17) is 0 Å². The molecule has 4 heteroatoms. The maximum Gasteiger partial charge on any atom is 0.254 e. The van der Waals surface area contributed by atoms with E-state index in [1.807, 2.05) is 37.3 Å². The molecule has 2 rings (SSSR count). The molecule has 0 aliphatic rings. The second-order valence-corrected chi connectivity index (χ2v) is 5.26. The lowest BCUT2D eigenvalue weighted by Crippen LogP contribution is -2.29. The molecule has 114 valence electrons. The molecule has 2 aromatic carbocycles. The average molecular weight is 296 g/mol. The maximum absolute atomic E-state index is 12.6. The molecule has 22 heavy (non-hydrogen) atoms. The van der Waals surface area contributed by atoms with Crippen LogP contribution in [0, 0.1) is 0 Å². The number of nitrogens with one attached hydrogen (secondary N) is 1. The van der Waals surface area contributed by atoms with Crippen LogP contribution in [0.1, 0.15) is 35.8 Å². The van der Waals surface area contributed by atoms with Crippen molar-refractivity contribution in [3.05, 3.63) is 65.7 Å². The summed E-state index contributed by atoms with van der Waals surface area (Å²) in [6, 6.07) is 16.8. The van der Waals surface area contributed by atoms with Crippen molar-refractivity contribution >= 4 is 17.5 Å². The summed E-state index contributed by atoms with van der Waals surface area (Å²) in [5.74, 6) is -0.237. The summed E-state index contributed by atoms with van der Waals surface area (Å²) in [6.45, 7) is 3.43. The highest BCUT2D eigenvalue weighted by molar-refractivity contribution is 5.96. The molecule has 0 aliphatic carbocycles. The first kappa shape index (κ1) is 15.8. The Hall–Kier alpha value is -2.62. The van der Waals surface area contributed by atoms with Crippen molar-refractivity contribution in [1.82, 2.24) is 4.90 Å². The fourth-order valence-corrected chi connectivity index (χ4v) is 2.27. The molecule has 0 heterocycles. The van der Waals surface area contributed by atoms with E-state index in [2.05, 4.69) is 5.32 Å². The van der Waals surface area contributed by atoms with Crippen LogP contribution in [0.3, 0.4) is 0 Å². The van der Waals surface area contributed by atoms with Gasteiger partial charge >= 0.3 is 0 Å². The molecule has 0 spiro atoms. The van der Waals surface area contributed by atoms with Gasteiger partial charge in [0.1, 0.15) is 0 Å². The van der Waals surface area contributed by atoms with Gasteiger partial charge in [-0.25, -0.2) is 0 Å². The maximum atomic E-state index is 12.6. The molecular formula is C18H20N2O2. The molecule has 0 aliphatic heterocycles. The smallest absolute Gasteiger partial charge is 0.254 e. The van der Waals surface area contributed by atoms with Crippen molar-refractivity contribution in [3.63, 3.8) is 0 Å². The van der Waals surface area contributed by atoms with Crippen LogP contribution in [0.25, 0.3) is 0 Å². The van der Waals surface area contributed by atoms with Gasteiger partial charge in [0.2, 0.25) is 5.91 Å². The summed E-state index contributed by atoms with van der Waals surface area (Å²) in [7, 11) is 1.78. The highest BCUT2D eigenvalue weighted by Crippen LogP contribution is 2.21. The summed E-state index contributed by atoms with van der Waals surface area (Å²) in [6.07, 6.45) is 0. The SMILES string of the molecule is CC(=O)Nc1cccc(C(=O)N(C)[C@H](C)c2ccccc2)c1. The average Bonchev–Trinajstić information content (AvgIpc) is 2.53. The number of rotatable bonds is 4. The molecule has 2 amide bonds. The molecule has 0 saturated carbocycles. The number of anilines is 1. The van der Waals surface area contributed by atoms with Gasteiger partial charge in [-0.3, -0.25) is 9.59 Å². The van der Waals surface area contributed by atoms with E-state index in [1.165, 1.54) is 6.92 Å². The van der Waals surface area contributed by atoms with Crippen molar-refractivity contribution in [2.45, 2.75) is 19.9 Å². The fourth-order valence-electron chi connectivity index (χ4n) is 2.27. The van der Waals surface area contributed by atoms with Gasteiger partial charge in [-0.15, -0.1) is 0 Å². The number of hydrogen-bond acceptors (Lipinski definition) is 2. The Kier molecular flexibility index (Phi) is 4.94. The Balaban J connectivity index is 2.18. The van der Waals surface area contributed by atoms with E-state index >= 15 is 0 Å². The summed E-state index contributed by atoms with van der Waals surface area (Å²) in [5.41, 5.74) is 2.26. The second-order valence-electron chi connectivity index (χ2n) is 5.26. The lowest BCUT2D eigenvalue weighted by atomic mass is 10.1. The normalized spacial score (nSPS) is 11.6. The van der Waals surface area contributed by atoms with E-state index in [0.717, 1.165) is 5.56 Å². The lowest BCUT2D eigenvalue weighted by molar-refractivity contribution is -0.114. The van der Waals surface area contributed by atoms with Crippen LogP contribution in [0.2, 0.25) is 0 Å². The zero-order valence-corrected chi connectivity index (χ0v) is 13.0. The predicted octanol–water partition coefficient (Wildman–Crippen LogP) is 3.48. The van der Waals surface area contributed by atoms with Gasteiger partial charge in [0, 0.05) is 25.2 Å². The Morgan fingerprint density at radius 1 is 1.05 bits per heavy atom. The number of benzene rings is 2. The van der Waals surface area contributed by atoms with Gasteiger partial charge in [-0.2, -0.15) is 0 Å². The molecule has 0 bridgehead atoms. The minimum absolute atomic E-state index is 0.0295. The standard InChI is InChI=1S/C18H20N2O2/c1-13(15-8-5-4-6-9-15)20(3)18(22)16-10-7-11-17(12-16)19-14(2)21/h4-13H,1-3H3,(H,19,21)/t13-/m1/s1. The lowest BCUT2D eigenvalue weighted by Gasteiger charge is -2.25. The molecule has 0 unspecified atom stereocenters. The molecule has 0 fully saturated rings. The van der Waals surface area contributed by atoms with Crippen LogP contribution < -0.4 is 5.32 Å². The minimum Gasteiger partial charge on any atom is -0.335 e. The topological polar surface area (TPSA) is 49.4 Å². The number of amides is 2. The summed E-state index contributed by atoms with van der Waals surface area (Å²) >= 11 is 0. The van der Waals surface area contributed by atoms with Gasteiger partial charge in [0.15, 0.2) is 0 Å². The van der Waals surface area contributed by atoms with Crippen LogP contribution >= 0.6 is 0 Å². The quantitative estimate of drug-likeness (QED) is 0.939. The van der Waals surface area contributed by atoms with Crippen molar-refractivity contribution in [3.8, 4) is 0 Å². The Bertz CT molecular complexity index is 668. The Morgan fingerprint density at radius 3 is 2.36 bits per heavy atom. The van der Waals surface area contributed by atoms with Crippen molar-refractivity contribution in [1.29, 1.82) is 0 Å². The number of carbonyl (C=O) groups is 2. The number of hydrogen-bond donors (Lipinski definition) is 1. The first-order chi connectivity index (χ1) is 10.5. The van der Waals surface area contributed by atoms with Crippen molar-refractivity contribution in [2.75, 3.05) is 12.4 Å². The van der Waals surface area contributed by atoms with E-state index in [0.29, 0.717) is 11.3 Å². The van der Waals surface area contributed by atoms with Crippen LogP contribution in [-0.4, -0.2) is 23.8 Å². The van der Waals surface area contributed by atoms with Crippen LogP contribution in [0.4, 0.5) is 5.69 Å². The van der Waals surface area contributed by atoms with Crippen molar-refractivity contribution < 1.29 is 9.59 Å². The predicted molar refractivity (Wildman–Crippen MR) is 87.7 cm³/mol. The van der Waals surface area contributed by atoms with E-state index < -0.39 is 0 Å². The Labute approximate surface area is 130 Å². The van der Waals surface area contributed by atoms with Crippen LogP contribution in [0.5, 0.6) is 0 Å². The third kappa shape index (κ3) is 3.73. The zero-order chi connectivity index (χ0) is 16.1. The molecule has 0 saturated heterocycles. The largest absolute Gasteiger partial charge is 0.335 e. The molecule has 4 nitrogen and oxygen atoms in total. The Morgan fingerprint density at radius 2 is 1.73 bits per heavy atom. The van der Waals surface area contributed by atoms with Gasteiger partial charge < -0.3 is 10.2 Å². The van der Waals surface area contributed by atoms with E-state index in [9.17, 15) is 9.59 Å². The first-order valence-electron chi connectivity index (χ1n) is 7.19. The molecule has 0 radical (unpaired) electrons. The molecule has 1 atom stereocenters. The summed E-state index contributed by atoms with van der Waals surface area (Å²) in [4.78, 5) is 25.4. The van der Waals surface area contributed by atoms with Gasteiger partial charge in [-0.05, 0) is 30.7 Å². The molecular weight excluding hydrogens is 276 g/mol. The number of nitrogens with zero attached hydrogens (tertiary/aromatic N) is 1. The third-order valence-electron chi connectivity index (χ3n) is 3.61. The van der Waals surface area contributed by atoms with Gasteiger partial charge in [0.25, 0.3) is 5.91 Å². The van der Waals surface area contributed by atoms with Crippen LogP contribution in [0.15, 0.2) is 54.6 Å². The monoisotopic (exact) mass is 296 g/mol. The summed E-state index contributed by atoms with van der Waals surface area (Å²) < 4.78 is 0. The molecule has 0 aromatic heterocycles. The summed E-state index contributed by atoms with van der Waals surface area (Å²) in [5, 5.41) is 2.69. The molecule has 2 aromatic rings. The van der Waals surface area contributed by atoms with E-state index in [1.54, 1.807) is 36.2 Å². The molecule has 1 N–H and O–H groups in total. The van der Waals surface area contributed by atoms with Crippen LogP contribution in [-0.2, 0) is 4.79 Å². The number of carbonyl (C=O) groups excluding carboxylic acids is 2. The fraction of sp³-hybridized carbons (Fsp3) is 0.222. The highest BCUT2D eigenvalue weighted by atomic mass is 16.2. The second kappa shape index (κ2) is 6.89. The zero-order valence-electron chi connectivity index (χ0n) is 13.0. The minimum atomic E-state index is -0.157. The third-order valence-corrected chi connectivity index (χ3v) is 3.61.